The standard InChI is InChI=1S/C36H47N11/c1-24-20-32(45(3)4)28-22-26(12-14-30(28)38-24)40-35-42-34(37-16-8-11-19-47-17-9-7-10-18-47)43-36(44-35)41-27-13-15-31-29(23-27)33(46(5)6)21-25(2)39-31/h12-15,20-23H,7-11,16-19H2,1-6H3,(H3,37,40,41,42,43,44). The summed E-state index contributed by atoms with van der Waals surface area (Å²) < 4.78 is 0. The molecule has 0 aliphatic carbocycles. The molecular weight excluding hydrogens is 586 g/mol. The second kappa shape index (κ2) is 14.3. The first-order chi connectivity index (χ1) is 22.7. The van der Waals surface area contributed by atoms with Gasteiger partial charge < -0.3 is 30.7 Å². The number of piperidine rings is 1. The molecule has 0 atom stereocenters. The first-order valence-electron chi connectivity index (χ1n) is 16.7. The van der Waals surface area contributed by atoms with Gasteiger partial charge in [-0.3, -0.25) is 9.97 Å². The molecule has 1 fully saturated rings. The summed E-state index contributed by atoms with van der Waals surface area (Å²) in [6, 6.07) is 16.5. The Morgan fingerprint density at radius 1 is 0.617 bits per heavy atom. The number of hydrogen-bond acceptors (Lipinski definition) is 11. The van der Waals surface area contributed by atoms with Crippen LogP contribution in [0.1, 0.15) is 43.5 Å². The fourth-order valence-corrected chi connectivity index (χ4v) is 6.24. The van der Waals surface area contributed by atoms with Crippen LogP contribution in [0.25, 0.3) is 21.8 Å². The summed E-state index contributed by atoms with van der Waals surface area (Å²) in [5.41, 5.74) is 7.83. The number of aromatic nitrogens is 5. The Labute approximate surface area is 277 Å². The van der Waals surface area contributed by atoms with Gasteiger partial charge in [0.2, 0.25) is 17.8 Å². The van der Waals surface area contributed by atoms with Crippen molar-refractivity contribution in [2.45, 2.75) is 46.0 Å². The van der Waals surface area contributed by atoms with E-state index in [1.54, 1.807) is 0 Å². The van der Waals surface area contributed by atoms with Crippen molar-refractivity contribution in [3.05, 3.63) is 59.9 Å². The van der Waals surface area contributed by atoms with Crippen LogP contribution >= 0.6 is 0 Å². The predicted octanol–water partition coefficient (Wildman–Crippen LogP) is 6.88. The highest BCUT2D eigenvalue weighted by Gasteiger charge is 2.13. The Hall–Kier alpha value is -4.77. The van der Waals surface area contributed by atoms with E-state index < -0.39 is 0 Å². The van der Waals surface area contributed by atoms with E-state index in [9.17, 15) is 0 Å². The molecule has 246 valence electrons. The quantitative estimate of drug-likeness (QED) is 0.125. The molecular formula is C36H47N11. The van der Waals surface area contributed by atoms with Crippen molar-refractivity contribution in [3.8, 4) is 0 Å². The highest BCUT2D eigenvalue weighted by atomic mass is 15.3. The predicted molar refractivity (Wildman–Crippen MR) is 196 cm³/mol. The lowest BCUT2D eigenvalue weighted by Gasteiger charge is -2.26. The van der Waals surface area contributed by atoms with Gasteiger partial charge in [0.1, 0.15) is 0 Å². The van der Waals surface area contributed by atoms with Crippen molar-refractivity contribution in [1.29, 1.82) is 0 Å². The Morgan fingerprint density at radius 2 is 1.13 bits per heavy atom. The third kappa shape index (κ3) is 7.97. The molecule has 6 rings (SSSR count). The third-order valence-corrected chi connectivity index (χ3v) is 8.57. The van der Waals surface area contributed by atoms with Crippen molar-refractivity contribution in [3.63, 3.8) is 0 Å². The maximum Gasteiger partial charge on any atom is 0.233 e. The summed E-state index contributed by atoms with van der Waals surface area (Å²) in [6.45, 7) is 8.44. The van der Waals surface area contributed by atoms with Crippen LogP contribution in [0.15, 0.2) is 48.5 Å². The van der Waals surface area contributed by atoms with Crippen molar-refractivity contribution < 1.29 is 0 Å². The van der Waals surface area contributed by atoms with Crippen LogP contribution < -0.4 is 25.8 Å². The molecule has 0 saturated carbocycles. The van der Waals surface area contributed by atoms with Gasteiger partial charge in [0.05, 0.1) is 11.0 Å². The summed E-state index contributed by atoms with van der Waals surface area (Å²) >= 11 is 0. The van der Waals surface area contributed by atoms with Gasteiger partial charge in [0.25, 0.3) is 0 Å². The zero-order valence-electron chi connectivity index (χ0n) is 28.6. The number of aryl methyl sites for hydroxylation is 2. The van der Waals surface area contributed by atoms with E-state index in [0.29, 0.717) is 17.8 Å². The molecule has 2 aromatic carbocycles. The van der Waals surface area contributed by atoms with Crippen molar-refractivity contribution in [2.75, 3.05) is 80.1 Å². The van der Waals surface area contributed by atoms with E-state index in [4.69, 9.17) is 24.9 Å². The van der Waals surface area contributed by atoms with E-state index in [1.807, 2.05) is 66.3 Å². The van der Waals surface area contributed by atoms with Gasteiger partial charge in [-0.1, -0.05) is 6.42 Å². The molecule has 0 amide bonds. The number of hydrogen-bond donors (Lipinski definition) is 3. The van der Waals surface area contributed by atoms with Crippen LogP contribution in [0.5, 0.6) is 0 Å². The second-order valence-corrected chi connectivity index (χ2v) is 12.9. The lowest BCUT2D eigenvalue weighted by Crippen LogP contribution is -2.30. The number of benzene rings is 2. The average molecular weight is 634 g/mol. The molecule has 0 spiro atoms. The smallest absolute Gasteiger partial charge is 0.233 e. The Balaban J connectivity index is 1.26. The second-order valence-electron chi connectivity index (χ2n) is 12.9. The van der Waals surface area contributed by atoms with Gasteiger partial charge in [-0.25, -0.2) is 0 Å². The Morgan fingerprint density at radius 3 is 1.64 bits per heavy atom. The molecule has 3 N–H and O–H groups in total. The first kappa shape index (κ1) is 32.2. The number of pyridine rings is 2. The minimum Gasteiger partial charge on any atom is -0.377 e. The Bertz CT molecular complexity index is 1730. The number of nitrogens with one attached hydrogen (secondary N) is 3. The van der Waals surface area contributed by atoms with Crippen LogP contribution in [0.3, 0.4) is 0 Å². The largest absolute Gasteiger partial charge is 0.377 e. The van der Waals surface area contributed by atoms with E-state index in [1.165, 1.54) is 32.4 Å². The van der Waals surface area contributed by atoms with E-state index in [0.717, 1.165) is 81.9 Å². The topological polar surface area (TPSA) is 110 Å². The molecule has 11 heteroatoms. The number of fused-ring (bicyclic) bond motifs is 2. The van der Waals surface area contributed by atoms with Gasteiger partial charge in [-0.2, -0.15) is 15.0 Å². The fraction of sp³-hybridized carbons (Fsp3) is 0.417. The molecule has 5 aromatic rings. The van der Waals surface area contributed by atoms with E-state index in [-0.39, 0.29) is 0 Å². The molecule has 0 radical (unpaired) electrons. The normalized spacial score (nSPS) is 13.6. The summed E-state index contributed by atoms with van der Waals surface area (Å²) in [4.78, 5) is 30.6. The number of unbranched alkanes of at least 4 members (excludes halogenated alkanes) is 1. The van der Waals surface area contributed by atoms with E-state index in [2.05, 4.69) is 54.9 Å². The number of likely N-dealkylation sites (tertiary alicyclic amines) is 1. The maximum atomic E-state index is 4.79. The number of rotatable bonds is 12. The lowest BCUT2D eigenvalue weighted by molar-refractivity contribution is 0.225. The molecule has 47 heavy (non-hydrogen) atoms. The summed E-state index contributed by atoms with van der Waals surface area (Å²) in [6.07, 6.45) is 6.20. The minimum atomic E-state index is 0.455. The van der Waals surface area contributed by atoms with Crippen molar-refractivity contribution >= 4 is 62.4 Å². The average Bonchev–Trinajstić information content (AvgIpc) is 3.04. The minimum absolute atomic E-state index is 0.455. The summed E-state index contributed by atoms with van der Waals surface area (Å²) in [5.74, 6) is 1.44. The van der Waals surface area contributed by atoms with Gasteiger partial charge in [-0.05, 0) is 108 Å². The number of anilines is 7. The molecule has 3 aromatic heterocycles. The first-order valence-corrected chi connectivity index (χ1v) is 16.7. The molecule has 1 aliphatic rings. The molecule has 1 saturated heterocycles. The van der Waals surface area contributed by atoms with E-state index >= 15 is 0 Å². The van der Waals surface area contributed by atoms with Crippen molar-refractivity contribution in [2.24, 2.45) is 0 Å². The molecule has 4 heterocycles. The molecule has 0 unspecified atom stereocenters. The molecule has 11 nitrogen and oxygen atoms in total. The SMILES string of the molecule is Cc1cc(N(C)C)c2cc(Nc3nc(NCCCCN4CCCCC4)nc(Nc4ccc5nc(C)cc(N(C)C)c5c4)n3)ccc2n1. The zero-order chi connectivity index (χ0) is 32.9. The van der Waals surface area contributed by atoms with Crippen LogP contribution in [0.2, 0.25) is 0 Å². The lowest BCUT2D eigenvalue weighted by atomic mass is 10.1. The molecule has 0 bridgehead atoms. The van der Waals surface area contributed by atoms with Gasteiger partial charge in [-0.15, -0.1) is 0 Å². The van der Waals surface area contributed by atoms with Crippen molar-refractivity contribution in [1.82, 2.24) is 29.8 Å². The summed E-state index contributed by atoms with van der Waals surface area (Å²) in [7, 11) is 8.20. The third-order valence-electron chi connectivity index (χ3n) is 8.57. The molecule has 1 aliphatic heterocycles. The Kier molecular flexibility index (Phi) is 9.81. The fourth-order valence-electron chi connectivity index (χ4n) is 6.24. The van der Waals surface area contributed by atoms with Crippen LogP contribution in [-0.4, -0.2) is 84.2 Å². The van der Waals surface area contributed by atoms with Gasteiger partial charge in [0.15, 0.2) is 0 Å². The summed E-state index contributed by atoms with van der Waals surface area (Å²) in [5, 5.41) is 12.4. The van der Waals surface area contributed by atoms with Gasteiger partial charge in [0, 0.05) is 79.6 Å². The monoisotopic (exact) mass is 633 g/mol. The van der Waals surface area contributed by atoms with Crippen LogP contribution in [0.4, 0.5) is 40.6 Å². The zero-order valence-corrected chi connectivity index (χ0v) is 28.6. The van der Waals surface area contributed by atoms with Gasteiger partial charge >= 0.3 is 0 Å². The highest BCUT2D eigenvalue weighted by molar-refractivity contribution is 5.95. The number of nitrogens with zero attached hydrogens (tertiary/aromatic N) is 8. The van der Waals surface area contributed by atoms with Crippen LogP contribution in [-0.2, 0) is 0 Å². The maximum absolute atomic E-state index is 4.79. The van der Waals surface area contributed by atoms with Crippen LogP contribution in [0, 0.1) is 13.8 Å². The highest BCUT2D eigenvalue weighted by Crippen LogP contribution is 2.31.